The van der Waals surface area contributed by atoms with E-state index in [1.165, 1.54) is 11.8 Å². The van der Waals surface area contributed by atoms with Crippen molar-refractivity contribution in [3.63, 3.8) is 0 Å². The first-order valence-corrected chi connectivity index (χ1v) is 9.27. The lowest BCUT2D eigenvalue weighted by Crippen LogP contribution is -2.25. The lowest BCUT2D eigenvalue weighted by molar-refractivity contribution is -0.115. The van der Waals surface area contributed by atoms with Crippen LogP contribution in [0.15, 0.2) is 42.5 Å². The van der Waals surface area contributed by atoms with Crippen molar-refractivity contribution in [2.75, 3.05) is 16.4 Å². The van der Waals surface area contributed by atoms with Crippen molar-refractivity contribution < 1.29 is 9.59 Å². The first-order chi connectivity index (χ1) is 11.9. The minimum absolute atomic E-state index is 0.0953. The van der Waals surface area contributed by atoms with Crippen LogP contribution in [0.25, 0.3) is 0 Å². The van der Waals surface area contributed by atoms with E-state index in [0.717, 1.165) is 28.1 Å². The van der Waals surface area contributed by atoms with Gasteiger partial charge in [-0.25, -0.2) is 0 Å². The van der Waals surface area contributed by atoms with Crippen LogP contribution in [0.1, 0.15) is 23.6 Å². The van der Waals surface area contributed by atoms with Gasteiger partial charge in [-0.2, -0.15) is 0 Å². The Bertz CT molecular complexity index is 774. The molecule has 0 heterocycles. The molecule has 0 unspecified atom stereocenters. The number of hydrogen-bond acceptors (Lipinski definition) is 3. The molecule has 2 aromatic carbocycles. The molecule has 2 N–H and O–H groups in total. The molecule has 0 spiro atoms. The van der Waals surface area contributed by atoms with Gasteiger partial charge in [0.2, 0.25) is 11.8 Å². The van der Waals surface area contributed by atoms with E-state index in [1.54, 1.807) is 0 Å². The molecule has 0 saturated heterocycles. The number of amides is 2. The summed E-state index contributed by atoms with van der Waals surface area (Å²) in [7, 11) is 0. The van der Waals surface area contributed by atoms with Crippen LogP contribution in [0.4, 0.5) is 11.4 Å². The maximum atomic E-state index is 12.3. The van der Waals surface area contributed by atoms with E-state index in [9.17, 15) is 9.59 Å². The van der Waals surface area contributed by atoms with Gasteiger partial charge in [-0.1, -0.05) is 24.3 Å². The van der Waals surface area contributed by atoms with Crippen molar-refractivity contribution in [2.45, 2.75) is 32.9 Å². The minimum atomic E-state index is -0.317. The van der Waals surface area contributed by atoms with Gasteiger partial charge in [0.05, 0.1) is 11.0 Å². The summed E-state index contributed by atoms with van der Waals surface area (Å²) in [5.74, 6) is 0.0269. The lowest BCUT2D eigenvalue weighted by Gasteiger charge is -2.14. The van der Waals surface area contributed by atoms with Crippen molar-refractivity contribution in [2.24, 2.45) is 0 Å². The average Bonchev–Trinajstić information content (AvgIpc) is 2.56. The molecule has 25 heavy (non-hydrogen) atoms. The van der Waals surface area contributed by atoms with E-state index in [2.05, 4.69) is 10.6 Å². The van der Waals surface area contributed by atoms with Crippen LogP contribution >= 0.6 is 11.8 Å². The number of hydrogen-bond donors (Lipinski definition) is 2. The van der Waals surface area contributed by atoms with Gasteiger partial charge in [0.15, 0.2) is 0 Å². The fraction of sp³-hybridized carbons (Fsp3) is 0.300. The molecule has 0 aliphatic heterocycles. The van der Waals surface area contributed by atoms with Gasteiger partial charge in [0.1, 0.15) is 0 Å². The summed E-state index contributed by atoms with van der Waals surface area (Å²) in [6, 6.07) is 13.5. The van der Waals surface area contributed by atoms with Gasteiger partial charge in [-0.05, 0) is 62.6 Å². The van der Waals surface area contributed by atoms with E-state index in [0.29, 0.717) is 0 Å². The second kappa shape index (κ2) is 8.72. The van der Waals surface area contributed by atoms with Gasteiger partial charge in [-0.3, -0.25) is 9.59 Å². The first-order valence-electron chi connectivity index (χ1n) is 8.22. The highest BCUT2D eigenvalue weighted by atomic mass is 32.2. The molecule has 2 rings (SSSR count). The number of aryl methyl sites for hydroxylation is 2. The molecule has 0 saturated carbocycles. The Kier molecular flexibility index (Phi) is 6.65. The highest BCUT2D eigenvalue weighted by Gasteiger charge is 2.16. The zero-order valence-corrected chi connectivity index (χ0v) is 15.9. The maximum Gasteiger partial charge on any atom is 0.237 e. The molecule has 2 amide bonds. The van der Waals surface area contributed by atoms with Crippen molar-refractivity contribution in [3.8, 4) is 0 Å². The van der Waals surface area contributed by atoms with E-state index in [-0.39, 0.29) is 22.8 Å². The summed E-state index contributed by atoms with van der Waals surface area (Å²) >= 11 is 1.32. The Balaban J connectivity index is 1.84. The van der Waals surface area contributed by atoms with Crippen LogP contribution in [0.5, 0.6) is 0 Å². The summed E-state index contributed by atoms with van der Waals surface area (Å²) in [4.78, 5) is 24.4. The number of carbonyl (C=O) groups excluding carboxylic acids is 2. The molecule has 0 aromatic heterocycles. The topological polar surface area (TPSA) is 58.2 Å². The Morgan fingerprint density at radius 2 is 1.76 bits per heavy atom. The standard InChI is InChI=1S/C20H24N2O2S/c1-13-7-5-9-17(11-13)21-19(23)12-25-16(4)20(24)22-18-10-6-8-14(2)15(18)3/h5-11,16H,12H2,1-4H3,(H,21,23)(H,22,24)/t16-/m1/s1. The van der Waals surface area contributed by atoms with Gasteiger partial charge < -0.3 is 10.6 Å². The molecule has 0 radical (unpaired) electrons. The molecule has 1 atom stereocenters. The molecular weight excluding hydrogens is 332 g/mol. The van der Waals surface area contributed by atoms with Gasteiger partial charge in [0.25, 0.3) is 0 Å². The highest BCUT2D eigenvalue weighted by Crippen LogP contribution is 2.20. The van der Waals surface area contributed by atoms with Gasteiger partial charge in [0, 0.05) is 11.4 Å². The quantitative estimate of drug-likeness (QED) is 0.811. The fourth-order valence-corrected chi connectivity index (χ4v) is 3.00. The minimum Gasteiger partial charge on any atom is -0.325 e. The molecule has 0 fully saturated rings. The largest absolute Gasteiger partial charge is 0.325 e. The predicted molar refractivity (Wildman–Crippen MR) is 106 cm³/mol. The first kappa shape index (κ1) is 19.1. The normalized spacial score (nSPS) is 11.7. The van der Waals surface area contributed by atoms with E-state index in [4.69, 9.17) is 0 Å². The summed E-state index contributed by atoms with van der Waals surface area (Å²) in [6.45, 7) is 7.78. The Hall–Kier alpha value is -2.27. The van der Waals surface area contributed by atoms with Gasteiger partial charge in [-0.15, -0.1) is 11.8 Å². The van der Waals surface area contributed by atoms with Crippen LogP contribution in [0.3, 0.4) is 0 Å². The van der Waals surface area contributed by atoms with E-state index < -0.39 is 0 Å². The van der Waals surface area contributed by atoms with Crippen molar-refractivity contribution in [1.82, 2.24) is 0 Å². The zero-order valence-electron chi connectivity index (χ0n) is 15.1. The third-order valence-corrected chi connectivity index (χ3v) is 5.14. The maximum absolute atomic E-state index is 12.3. The SMILES string of the molecule is Cc1cccc(NC(=O)CS[C@H](C)C(=O)Nc2cccc(C)c2C)c1. The second-order valence-electron chi connectivity index (χ2n) is 6.11. The van der Waals surface area contributed by atoms with Crippen LogP contribution in [0, 0.1) is 20.8 Å². The monoisotopic (exact) mass is 356 g/mol. The van der Waals surface area contributed by atoms with Gasteiger partial charge >= 0.3 is 0 Å². The average molecular weight is 356 g/mol. The highest BCUT2D eigenvalue weighted by molar-refractivity contribution is 8.01. The molecule has 5 heteroatoms. The van der Waals surface area contributed by atoms with Crippen LogP contribution in [0.2, 0.25) is 0 Å². The predicted octanol–water partition coefficient (Wildman–Crippen LogP) is 4.31. The fourth-order valence-electron chi connectivity index (χ4n) is 2.32. The van der Waals surface area contributed by atoms with Crippen molar-refractivity contribution in [1.29, 1.82) is 0 Å². The van der Waals surface area contributed by atoms with Crippen LogP contribution in [-0.4, -0.2) is 22.8 Å². The summed E-state index contributed by atoms with van der Waals surface area (Å²) < 4.78 is 0. The smallest absolute Gasteiger partial charge is 0.237 e. The molecule has 2 aromatic rings. The lowest BCUT2D eigenvalue weighted by atomic mass is 10.1. The second-order valence-corrected chi connectivity index (χ2v) is 7.44. The Morgan fingerprint density at radius 3 is 2.48 bits per heavy atom. The number of nitrogens with one attached hydrogen (secondary N) is 2. The number of thioether (sulfide) groups is 1. The third-order valence-electron chi connectivity index (χ3n) is 4.00. The molecule has 0 aliphatic rings. The zero-order chi connectivity index (χ0) is 18.4. The number of carbonyl (C=O) groups is 2. The van der Waals surface area contributed by atoms with E-state index >= 15 is 0 Å². The molecule has 0 aliphatic carbocycles. The summed E-state index contributed by atoms with van der Waals surface area (Å²) in [5, 5.41) is 5.48. The molecule has 4 nitrogen and oxygen atoms in total. The third kappa shape index (κ3) is 5.64. The van der Waals surface area contributed by atoms with Crippen LogP contribution < -0.4 is 10.6 Å². The van der Waals surface area contributed by atoms with Crippen LogP contribution in [-0.2, 0) is 9.59 Å². The molecule has 0 bridgehead atoms. The molecule has 132 valence electrons. The number of rotatable bonds is 6. The Morgan fingerprint density at radius 1 is 1.04 bits per heavy atom. The molecular formula is C20H24N2O2S. The summed E-state index contributed by atoms with van der Waals surface area (Å²) in [5.41, 5.74) is 4.88. The van der Waals surface area contributed by atoms with Crippen molar-refractivity contribution in [3.05, 3.63) is 59.2 Å². The van der Waals surface area contributed by atoms with Crippen molar-refractivity contribution >= 4 is 35.0 Å². The summed E-state index contributed by atoms with van der Waals surface area (Å²) in [6.07, 6.45) is 0. The number of benzene rings is 2. The Labute approximate surface area is 153 Å². The van der Waals surface area contributed by atoms with E-state index in [1.807, 2.05) is 70.2 Å². The number of anilines is 2.